The lowest BCUT2D eigenvalue weighted by Crippen LogP contribution is -2.36. The Balaban J connectivity index is 1.38. The topological polar surface area (TPSA) is 71.1 Å². The lowest BCUT2D eigenvalue weighted by molar-refractivity contribution is 0.148. The van der Waals surface area contributed by atoms with Crippen molar-refractivity contribution in [2.75, 3.05) is 6.54 Å². The van der Waals surface area contributed by atoms with Crippen molar-refractivity contribution in [2.45, 2.75) is 77.5 Å². The third kappa shape index (κ3) is 4.43. The quantitative estimate of drug-likeness (QED) is 0.856. The van der Waals surface area contributed by atoms with Gasteiger partial charge in [0.25, 0.3) is 5.56 Å². The first-order valence-corrected chi connectivity index (χ1v) is 10.5. The zero-order valence-corrected chi connectivity index (χ0v) is 16.9. The predicted octanol–water partition coefficient (Wildman–Crippen LogP) is 3.56. The van der Waals surface area contributed by atoms with Gasteiger partial charge in [-0.3, -0.25) is 9.69 Å². The maximum absolute atomic E-state index is 12.5. The summed E-state index contributed by atoms with van der Waals surface area (Å²) in [6.45, 7) is 6.42. The molecule has 150 valence electrons. The van der Waals surface area contributed by atoms with Crippen LogP contribution in [-0.4, -0.2) is 32.5 Å². The largest absolute Gasteiger partial charge is 0.474 e. The van der Waals surface area contributed by atoms with Gasteiger partial charge in [-0.1, -0.05) is 26.3 Å². The lowest BCUT2D eigenvalue weighted by Gasteiger charge is -2.28. The van der Waals surface area contributed by atoms with Crippen LogP contribution in [0.1, 0.15) is 74.5 Å². The summed E-state index contributed by atoms with van der Waals surface area (Å²) < 4.78 is 6.01. The first-order chi connectivity index (χ1) is 13.6. The number of hydrogen-bond acceptors (Lipinski definition) is 5. The molecule has 6 nitrogen and oxygen atoms in total. The fraction of sp³-hybridized carbons (Fsp3) is 0.591. The molecule has 2 aromatic heterocycles. The van der Waals surface area contributed by atoms with Crippen molar-refractivity contribution in [3.63, 3.8) is 0 Å². The monoisotopic (exact) mass is 382 g/mol. The van der Waals surface area contributed by atoms with Gasteiger partial charge in [0.2, 0.25) is 5.88 Å². The molecule has 4 rings (SSSR count). The van der Waals surface area contributed by atoms with E-state index < -0.39 is 0 Å². The van der Waals surface area contributed by atoms with Crippen LogP contribution in [0.3, 0.4) is 0 Å². The number of hydrogen-bond donors (Lipinski definition) is 1. The van der Waals surface area contributed by atoms with E-state index in [1.54, 1.807) is 0 Å². The van der Waals surface area contributed by atoms with Crippen LogP contribution < -0.4 is 10.3 Å². The molecule has 2 aromatic rings. The molecule has 1 saturated carbocycles. The van der Waals surface area contributed by atoms with Gasteiger partial charge in [0.05, 0.1) is 11.3 Å². The summed E-state index contributed by atoms with van der Waals surface area (Å²) in [6, 6.07) is 4.07. The molecule has 1 fully saturated rings. The number of nitrogens with one attached hydrogen (secondary N) is 1. The molecule has 0 saturated heterocycles. The number of nitrogens with zero attached hydrogens (tertiary/aromatic N) is 3. The minimum absolute atomic E-state index is 0.00718. The molecule has 0 unspecified atom stereocenters. The van der Waals surface area contributed by atoms with Gasteiger partial charge in [0, 0.05) is 44.2 Å². The SMILES string of the molecule is CC(C)c1nc2c(c(=O)[nH]1)CN(Cc1ccc(OC3CCCCC3)nc1)CC2. The molecular formula is C22H30N4O2. The van der Waals surface area contributed by atoms with Crippen LogP contribution in [0.25, 0.3) is 0 Å². The van der Waals surface area contributed by atoms with Gasteiger partial charge in [0.1, 0.15) is 11.9 Å². The second kappa shape index (κ2) is 8.43. The minimum Gasteiger partial charge on any atom is -0.474 e. The zero-order valence-electron chi connectivity index (χ0n) is 16.9. The smallest absolute Gasteiger partial charge is 0.255 e. The third-order valence-electron chi connectivity index (χ3n) is 5.76. The van der Waals surface area contributed by atoms with Crippen molar-refractivity contribution in [1.82, 2.24) is 19.9 Å². The molecule has 2 aliphatic rings. The molecule has 1 N–H and O–H groups in total. The normalized spacial score (nSPS) is 18.2. The van der Waals surface area contributed by atoms with Gasteiger partial charge in [-0.2, -0.15) is 0 Å². The molecule has 0 spiro atoms. The Morgan fingerprint density at radius 2 is 2.07 bits per heavy atom. The lowest BCUT2D eigenvalue weighted by atomic mass is 9.98. The maximum atomic E-state index is 12.5. The molecule has 28 heavy (non-hydrogen) atoms. The number of pyridine rings is 1. The molecule has 0 radical (unpaired) electrons. The van der Waals surface area contributed by atoms with Crippen molar-refractivity contribution < 1.29 is 4.74 Å². The van der Waals surface area contributed by atoms with Gasteiger partial charge < -0.3 is 9.72 Å². The molecule has 0 amide bonds. The molecule has 1 aliphatic carbocycles. The summed E-state index contributed by atoms with van der Waals surface area (Å²) in [5.74, 6) is 1.74. The number of rotatable bonds is 5. The average Bonchev–Trinajstić information content (AvgIpc) is 2.70. The maximum Gasteiger partial charge on any atom is 0.255 e. The fourth-order valence-electron chi connectivity index (χ4n) is 4.09. The Morgan fingerprint density at radius 1 is 1.25 bits per heavy atom. The van der Waals surface area contributed by atoms with E-state index in [0.29, 0.717) is 12.6 Å². The second-order valence-corrected chi connectivity index (χ2v) is 8.37. The highest BCUT2D eigenvalue weighted by Crippen LogP contribution is 2.23. The van der Waals surface area contributed by atoms with E-state index in [9.17, 15) is 4.79 Å². The first kappa shape index (κ1) is 19.1. The first-order valence-electron chi connectivity index (χ1n) is 10.5. The van der Waals surface area contributed by atoms with Crippen LogP contribution >= 0.6 is 0 Å². The Kier molecular flexibility index (Phi) is 5.76. The summed E-state index contributed by atoms with van der Waals surface area (Å²) in [5, 5.41) is 0. The third-order valence-corrected chi connectivity index (χ3v) is 5.76. The number of H-pyrrole nitrogens is 1. The molecule has 0 aromatic carbocycles. The standard InChI is InChI=1S/C22H30N4O2/c1-15(2)21-24-19-10-11-26(14-18(19)22(27)25-21)13-16-8-9-20(23-12-16)28-17-6-4-3-5-7-17/h8-9,12,15,17H,3-7,10-11,13-14H2,1-2H3,(H,24,25,27). The van der Waals surface area contributed by atoms with E-state index in [1.807, 2.05) is 12.3 Å². The fourth-order valence-corrected chi connectivity index (χ4v) is 4.09. The Morgan fingerprint density at radius 3 is 2.79 bits per heavy atom. The van der Waals surface area contributed by atoms with E-state index in [1.165, 1.54) is 19.3 Å². The number of ether oxygens (including phenoxy) is 1. The van der Waals surface area contributed by atoms with E-state index >= 15 is 0 Å². The van der Waals surface area contributed by atoms with Crippen molar-refractivity contribution in [3.05, 3.63) is 51.3 Å². The van der Waals surface area contributed by atoms with Gasteiger partial charge in [-0.15, -0.1) is 0 Å². The zero-order chi connectivity index (χ0) is 19.5. The van der Waals surface area contributed by atoms with E-state index in [2.05, 4.69) is 39.8 Å². The van der Waals surface area contributed by atoms with Crippen molar-refractivity contribution >= 4 is 0 Å². The van der Waals surface area contributed by atoms with Crippen LogP contribution in [0, 0.1) is 0 Å². The van der Waals surface area contributed by atoms with Gasteiger partial charge in [-0.05, 0) is 31.2 Å². The van der Waals surface area contributed by atoms with E-state index in [-0.39, 0.29) is 11.5 Å². The van der Waals surface area contributed by atoms with Crippen molar-refractivity contribution in [1.29, 1.82) is 0 Å². The number of aromatic nitrogens is 3. The number of fused-ring (bicyclic) bond motifs is 1. The highest BCUT2D eigenvalue weighted by Gasteiger charge is 2.22. The molecule has 0 atom stereocenters. The molecule has 3 heterocycles. The van der Waals surface area contributed by atoms with Crippen molar-refractivity contribution in [3.8, 4) is 5.88 Å². The van der Waals surface area contributed by atoms with Crippen molar-refractivity contribution in [2.24, 2.45) is 0 Å². The Bertz CT molecular complexity index is 854. The highest BCUT2D eigenvalue weighted by molar-refractivity contribution is 5.23. The summed E-state index contributed by atoms with van der Waals surface area (Å²) in [6.07, 6.45) is 9.14. The van der Waals surface area contributed by atoms with E-state index in [4.69, 9.17) is 4.74 Å². The molecule has 1 aliphatic heterocycles. The highest BCUT2D eigenvalue weighted by atomic mass is 16.5. The molecule has 0 bridgehead atoms. The molecular weight excluding hydrogens is 352 g/mol. The van der Waals surface area contributed by atoms with Crippen LogP contribution in [0.5, 0.6) is 5.88 Å². The van der Waals surface area contributed by atoms with Crippen LogP contribution in [0.2, 0.25) is 0 Å². The van der Waals surface area contributed by atoms with Gasteiger partial charge in [-0.25, -0.2) is 9.97 Å². The summed E-state index contributed by atoms with van der Waals surface area (Å²) in [4.78, 5) is 26.9. The van der Waals surface area contributed by atoms with Crippen LogP contribution in [0.15, 0.2) is 23.1 Å². The molecule has 6 heteroatoms. The van der Waals surface area contributed by atoms with Gasteiger partial charge in [0.15, 0.2) is 0 Å². The van der Waals surface area contributed by atoms with Crippen LogP contribution in [-0.2, 0) is 19.5 Å². The average molecular weight is 383 g/mol. The summed E-state index contributed by atoms with van der Waals surface area (Å²) >= 11 is 0. The predicted molar refractivity (Wildman–Crippen MR) is 109 cm³/mol. The second-order valence-electron chi connectivity index (χ2n) is 8.37. The Hall–Kier alpha value is -2.21. The number of aromatic amines is 1. The van der Waals surface area contributed by atoms with Crippen LogP contribution in [0.4, 0.5) is 0 Å². The minimum atomic E-state index is 0.00718. The summed E-state index contributed by atoms with van der Waals surface area (Å²) in [7, 11) is 0. The van der Waals surface area contributed by atoms with Gasteiger partial charge >= 0.3 is 0 Å². The summed E-state index contributed by atoms with van der Waals surface area (Å²) in [5.41, 5.74) is 2.91. The van der Waals surface area contributed by atoms with E-state index in [0.717, 1.165) is 60.9 Å². The Labute approximate surface area is 166 Å².